The lowest BCUT2D eigenvalue weighted by molar-refractivity contribution is 0.0645. The number of hydrogen-bond acceptors (Lipinski definition) is 3. The Labute approximate surface area is 133 Å². The molecule has 3 rings (SSSR count). The summed E-state index contributed by atoms with van der Waals surface area (Å²) in [6.45, 7) is 1.13. The highest BCUT2D eigenvalue weighted by atomic mass is 32.1. The van der Waals surface area contributed by atoms with Crippen LogP contribution >= 0.6 is 11.3 Å². The SMILES string of the molecule is NC1CC(Cc2ccsc2)CN(C(=O)c2ccccc2F)C1. The van der Waals surface area contributed by atoms with Gasteiger partial charge in [0, 0.05) is 19.1 Å². The summed E-state index contributed by atoms with van der Waals surface area (Å²) in [7, 11) is 0. The van der Waals surface area contributed by atoms with Gasteiger partial charge in [-0.1, -0.05) is 12.1 Å². The standard InChI is InChI=1S/C17H19FN2OS/c18-16-4-2-1-3-15(16)17(21)20-9-13(8-14(19)10-20)7-12-5-6-22-11-12/h1-6,11,13-14H,7-10,19H2. The van der Waals surface area contributed by atoms with Crippen molar-refractivity contribution in [1.82, 2.24) is 4.90 Å². The molecule has 0 spiro atoms. The number of hydrogen-bond donors (Lipinski definition) is 1. The summed E-state index contributed by atoms with van der Waals surface area (Å²) in [6, 6.07) is 8.18. The van der Waals surface area contributed by atoms with Crippen molar-refractivity contribution in [2.24, 2.45) is 11.7 Å². The Morgan fingerprint density at radius 2 is 2.14 bits per heavy atom. The van der Waals surface area contributed by atoms with Crippen LogP contribution in [0.3, 0.4) is 0 Å². The fourth-order valence-corrected chi connectivity index (χ4v) is 3.79. The smallest absolute Gasteiger partial charge is 0.256 e. The van der Waals surface area contributed by atoms with Gasteiger partial charge in [-0.25, -0.2) is 4.39 Å². The number of piperidine rings is 1. The molecule has 22 heavy (non-hydrogen) atoms. The molecule has 1 fully saturated rings. The van der Waals surface area contributed by atoms with Gasteiger partial charge >= 0.3 is 0 Å². The van der Waals surface area contributed by atoms with Crippen LogP contribution in [0, 0.1) is 11.7 Å². The lowest BCUT2D eigenvalue weighted by Crippen LogP contribution is -2.50. The van der Waals surface area contributed by atoms with Crippen molar-refractivity contribution in [1.29, 1.82) is 0 Å². The monoisotopic (exact) mass is 318 g/mol. The van der Waals surface area contributed by atoms with E-state index in [2.05, 4.69) is 16.8 Å². The first-order chi connectivity index (χ1) is 10.6. The Bertz CT molecular complexity index is 644. The topological polar surface area (TPSA) is 46.3 Å². The highest BCUT2D eigenvalue weighted by Crippen LogP contribution is 2.23. The van der Waals surface area contributed by atoms with E-state index in [9.17, 15) is 9.18 Å². The molecule has 2 N–H and O–H groups in total. The molecular formula is C17H19FN2OS. The second kappa shape index (κ2) is 6.58. The minimum Gasteiger partial charge on any atom is -0.337 e. The van der Waals surface area contributed by atoms with Crippen LogP contribution in [0.15, 0.2) is 41.1 Å². The van der Waals surface area contributed by atoms with Crippen molar-refractivity contribution in [2.45, 2.75) is 18.9 Å². The molecule has 2 unspecified atom stereocenters. The third kappa shape index (κ3) is 3.36. The quantitative estimate of drug-likeness (QED) is 0.946. The van der Waals surface area contributed by atoms with Crippen LogP contribution in [0.25, 0.3) is 0 Å². The maximum absolute atomic E-state index is 13.8. The van der Waals surface area contributed by atoms with Gasteiger partial charge in [-0.15, -0.1) is 0 Å². The molecule has 5 heteroatoms. The van der Waals surface area contributed by atoms with Gasteiger partial charge in [0.05, 0.1) is 5.56 Å². The van der Waals surface area contributed by atoms with Crippen molar-refractivity contribution >= 4 is 17.2 Å². The molecule has 1 aliphatic rings. The van der Waals surface area contributed by atoms with Crippen LogP contribution in [-0.4, -0.2) is 29.9 Å². The number of halogens is 1. The van der Waals surface area contributed by atoms with E-state index in [1.807, 2.05) is 0 Å². The van der Waals surface area contributed by atoms with Crippen LogP contribution in [-0.2, 0) is 6.42 Å². The molecule has 1 aromatic heterocycles. The van der Waals surface area contributed by atoms with Crippen LogP contribution in [0.4, 0.5) is 4.39 Å². The molecule has 2 atom stereocenters. The summed E-state index contributed by atoms with van der Waals surface area (Å²) < 4.78 is 13.8. The fourth-order valence-electron chi connectivity index (χ4n) is 3.11. The molecule has 1 saturated heterocycles. The first kappa shape index (κ1) is 15.2. The molecule has 0 radical (unpaired) electrons. The predicted octanol–water partition coefficient (Wildman–Crippen LogP) is 2.92. The van der Waals surface area contributed by atoms with Gasteiger partial charge in [0.25, 0.3) is 5.91 Å². The molecule has 2 aromatic rings. The average molecular weight is 318 g/mol. The van der Waals surface area contributed by atoms with Gasteiger partial charge in [0.2, 0.25) is 0 Å². The van der Waals surface area contributed by atoms with E-state index in [4.69, 9.17) is 5.73 Å². The zero-order valence-electron chi connectivity index (χ0n) is 12.2. The van der Waals surface area contributed by atoms with E-state index in [-0.39, 0.29) is 17.5 Å². The average Bonchev–Trinajstić information content (AvgIpc) is 2.99. The van der Waals surface area contributed by atoms with Crippen molar-refractivity contribution in [3.63, 3.8) is 0 Å². The number of amides is 1. The Morgan fingerprint density at radius 3 is 2.86 bits per heavy atom. The maximum Gasteiger partial charge on any atom is 0.256 e. The third-order valence-corrected chi connectivity index (χ3v) is 4.80. The predicted molar refractivity (Wildman–Crippen MR) is 86.4 cm³/mol. The van der Waals surface area contributed by atoms with E-state index in [1.165, 1.54) is 17.7 Å². The van der Waals surface area contributed by atoms with Crippen LogP contribution in [0.2, 0.25) is 0 Å². The minimum atomic E-state index is -0.471. The molecule has 0 aliphatic carbocycles. The number of benzene rings is 1. The van der Waals surface area contributed by atoms with Gasteiger partial charge in [0.1, 0.15) is 5.82 Å². The molecular weight excluding hydrogens is 299 g/mol. The molecule has 1 aliphatic heterocycles. The van der Waals surface area contributed by atoms with E-state index >= 15 is 0 Å². The summed E-state index contributed by atoms with van der Waals surface area (Å²) in [4.78, 5) is 14.2. The Kier molecular flexibility index (Phi) is 4.55. The number of carbonyl (C=O) groups is 1. The summed E-state index contributed by atoms with van der Waals surface area (Å²) in [5.74, 6) is -0.404. The number of nitrogens with two attached hydrogens (primary N) is 1. The van der Waals surface area contributed by atoms with Crippen molar-refractivity contribution in [3.8, 4) is 0 Å². The zero-order valence-corrected chi connectivity index (χ0v) is 13.1. The number of thiophene rings is 1. The van der Waals surface area contributed by atoms with Gasteiger partial charge in [0.15, 0.2) is 0 Å². The minimum absolute atomic E-state index is 0.0480. The van der Waals surface area contributed by atoms with Crippen molar-refractivity contribution < 1.29 is 9.18 Å². The number of rotatable bonds is 3. The molecule has 2 heterocycles. The Morgan fingerprint density at radius 1 is 1.32 bits per heavy atom. The lowest BCUT2D eigenvalue weighted by Gasteiger charge is -2.36. The highest BCUT2D eigenvalue weighted by molar-refractivity contribution is 7.07. The second-order valence-corrected chi connectivity index (χ2v) is 6.67. The van der Waals surface area contributed by atoms with Crippen molar-refractivity contribution in [3.05, 3.63) is 58.0 Å². The van der Waals surface area contributed by atoms with Crippen LogP contribution in [0.1, 0.15) is 22.3 Å². The lowest BCUT2D eigenvalue weighted by atomic mass is 9.89. The summed E-state index contributed by atoms with van der Waals surface area (Å²) in [6.07, 6.45) is 1.81. The van der Waals surface area contributed by atoms with Crippen molar-refractivity contribution in [2.75, 3.05) is 13.1 Å². The van der Waals surface area contributed by atoms with E-state index < -0.39 is 5.82 Å². The number of nitrogens with zero attached hydrogens (tertiary/aromatic N) is 1. The molecule has 3 nitrogen and oxygen atoms in total. The fraction of sp³-hybridized carbons (Fsp3) is 0.353. The maximum atomic E-state index is 13.8. The van der Waals surface area contributed by atoms with E-state index in [0.717, 1.165) is 12.8 Å². The highest BCUT2D eigenvalue weighted by Gasteiger charge is 2.29. The molecule has 0 bridgehead atoms. The summed E-state index contributed by atoms with van der Waals surface area (Å²) >= 11 is 1.67. The number of carbonyl (C=O) groups excluding carboxylic acids is 1. The van der Waals surface area contributed by atoms with Gasteiger partial charge < -0.3 is 10.6 Å². The molecule has 116 valence electrons. The Balaban J connectivity index is 1.73. The van der Waals surface area contributed by atoms with E-state index in [1.54, 1.807) is 28.4 Å². The first-order valence-electron chi connectivity index (χ1n) is 7.44. The molecule has 1 aromatic carbocycles. The van der Waals surface area contributed by atoms with Crippen LogP contribution in [0.5, 0.6) is 0 Å². The largest absolute Gasteiger partial charge is 0.337 e. The number of likely N-dealkylation sites (tertiary alicyclic amines) is 1. The molecule has 0 saturated carbocycles. The van der Waals surface area contributed by atoms with E-state index in [0.29, 0.717) is 19.0 Å². The third-order valence-electron chi connectivity index (χ3n) is 4.07. The normalized spacial score (nSPS) is 21.8. The van der Waals surface area contributed by atoms with Gasteiger partial charge in [-0.3, -0.25) is 4.79 Å². The van der Waals surface area contributed by atoms with Gasteiger partial charge in [-0.2, -0.15) is 11.3 Å². The second-order valence-electron chi connectivity index (χ2n) is 5.89. The molecule has 1 amide bonds. The Hall–Kier alpha value is -1.72. The zero-order chi connectivity index (χ0) is 15.5. The summed E-state index contributed by atoms with van der Waals surface area (Å²) in [5.41, 5.74) is 7.52. The summed E-state index contributed by atoms with van der Waals surface area (Å²) in [5, 5.41) is 4.18. The van der Waals surface area contributed by atoms with Gasteiger partial charge in [-0.05, 0) is 53.3 Å². The first-order valence-corrected chi connectivity index (χ1v) is 8.38. The van der Waals surface area contributed by atoms with Crippen LogP contribution < -0.4 is 5.73 Å².